The van der Waals surface area contributed by atoms with Crippen LogP contribution in [0.4, 0.5) is 0 Å². The fourth-order valence-corrected chi connectivity index (χ4v) is 6.72. The van der Waals surface area contributed by atoms with Crippen LogP contribution in [-0.4, -0.2) is 65.7 Å². The Morgan fingerprint density at radius 2 is 0.912 bits per heavy atom. The summed E-state index contributed by atoms with van der Waals surface area (Å²) in [7, 11) is -4.63. The van der Waals surface area contributed by atoms with Crippen molar-refractivity contribution in [2.45, 2.75) is 206 Å². The maximum absolute atomic E-state index is 12.6. The molecule has 0 aliphatic carbocycles. The molecule has 0 spiro atoms. The molecule has 332 valence electrons. The molecule has 0 amide bonds. The highest BCUT2D eigenvalue weighted by molar-refractivity contribution is 7.47. The molecule has 1 unspecified atom stereocenters. The quantitative estimate of drug-likeness (QED) is 0.0235. The van der Waals surface area contributed by atoms with Crippen LogP contribution in [0.25, 0.3) is 0 Å². The second kappa shape index (κ2) is 42.1. The first-order chi connectivity index (χ1) is 27.7. The van der Waals surface area contributed by atoms with E-state index in [0.717, 1.165) is 57.8 Å². The normalized spacial score (nSPS) is 14.3. The van der Waals surface area contributed by atoms with Crippen LogP contribution in [0.1, 0.15) is 194 Å². The zero-order valence-electron chi connectivity index (χ0n) is 36.0. The SMILES string of the molecule is CCCCC/C=C/C/C=C/CCCCCCCCCCCC(=O)O[C@H](COC(=O)CCCC/C=C/C/C=C/CCCCCCCC)COP(=O)(O)OC[C@@H](O)CO. The van der Waals surface area contributed by atoms with Crippen molar-refractivity contribution in [2.24, 2.45) is 0 Å². The summed E-state index contributed by atoms with van der Waals surface area (Å²) < 4.78 is 32.7. The van der Waals surface area contributed by atoms with E-state index in [4.69, 9.17) is 19.1 Å². The van der Waals surface area contributed by atoms with Gasteiger partial charge in [0.05, 0.1) is 19.8 Å². The number of carbonyl (C=O) groups excluding carboxylic acids is 2. The molecular formula is C46H83O10P. The van der Waals surface area contributed by atoms with Gasteiger partial charge in [-0.15, -0.1) is 0 Å². The summed E-state index contributed by atoms with van der Waals surface area (Å²) in [6.07, 6.45) is 45.0. The van der Waals surface area contributed by atoms with E-state index in [0.29, 0.717) is 12.8 Å². The standard InChI is InChI=1S/C46H83O10P/c1-3-5-7-9-11-13-15-17-19-20-21-22-24-26-28-30-32-34-36-38-46(50)56-44(42-55-57(51,52)54-40-43(48)39-47)41-53-45(49)37-35-33-31-29-27-25-23-18-16-14-12-10-8-6-4-2/h11,13,17-19,23,27,29,43-44,47-48H,3-10,12,14-16,20-22,24-26,28,30-42H2,1-2H3,(H,51,52)/b13-11+,19-17+,23-18+,29-27+/t43-,44+/m0/s1. The van der Waals surface area contributed by atoms with Gasteiger partial charge in [0.15, 0.2) is 6.10 Å². The van der Waals surface area contributed by atoms with Gasteiger partial charge < -0.3 is 24.6 Å². The average molecular weight is 827 g/mol. The molecule has 0 aromatic heterocycles. The molecule has 0 bridgehead atoms. The molecular weight excluding hydrogens is 743 g/mol. The van der Waals surface area contributed by atoms with Crippen LogP contribution >= 0.6 is 7.82 Å². The number of aliphatic hydroxyl groups is 2. The Hall–Kier alpha value is -2.07. The van der Waals surface area contributed by atoms with Gasteiger partial charge in [-0.1, -0.05) is 152 Å². The zero-order valence-corrected chi connectivity index (χ0v) is 36.9. The number of phosphoric acid groups is 1. The molecule has 0 aromatic carbocycles. The molecule has 10 nitrogen and oxygen atoms in total. The zero-order chi connectivity index (χ0) is 41.9. The van der Waals surface area contributed by atoms with Gasteiger partial charge in [0.2, 0.25) is 0 Å². The molecule has 0 saturated heterocycles. The van der Waals surface area contributed by atoms with E-state index in [-0.39, 0.29) is 19.4 Å². The Morgan fingerprint density at radius 3 is 1.42 bits per heavy atom. The molecule has 57 heavy (non-hydrogen) atoms. The van der Waals surface area contributed by atoms with E-state index < -0.39 is 51.8 Å². The number of phosphoric ester groups is 1. The maximum Gasteiger partial charge on any atom is 0.472 e. The van der Waals surface area contributed by atoms with Crippen molar-refractivity contribution in [1.29, 1.82) is 0 Å². The lowest BCUT2D eigenvalue weighted by Crippen LogP contribution is -2.29. The first-order valence-corrected chi connectivity index (χ1v) is 24.1. The van der Waals surface area contributed by atoms with Crippen LogP contribution < -0.4 is 0 Å². The Morgan fingerprint density at radius 1 is 0.526 bits per heavy atom. The summed E-state index contributed by atoms with van der Waals surface area (Å²) in [4.78, 5) is 35.0. The first kappa shape index (κ1) is 54.9. The third kappa shape index (κ3) is 41.9. The van der Waals surface area contributed by atoms with Gasteiger partial charge >= 0.3 is 19.8 Å². The Labute approximate surface area is 347 Å². The van der Waals surface area contributed by atoms with Gasteiger partial charge in [0.1, 0.15) is 12.7 Å². The van der Waals surface area contributed by atoms with Crippen molar-refractivity contribution >= 4 is 19.8 Å². The number of hydrogen-bond acceptors (Lipinski definition) is 9. The fourth-order valence-electron chi connectivity index (χ4n) is 5.94. The summed E-state index contributed by atoms with van der Waals surface area (Å²) in [5.74, 6) is -0.967. The molecule has 0 aromatic rings. The van der Waals surface area contributed by atoms with Gasteiger partial charge in [-0.3, -0.25) is 18.6 Å². The second-order valence-electron chi connectivity index (χ2n) is 15.1. The molecule has 0 rings (SSSR count). The molecule has 0 fully saturated rings. The number of aliphatic hydroxyl groups excluding tert-OH is 2. The number of unbranched alkanes of at least 4 members (excludes halogenated alkanes) is 20. The van der Waals surface area contributed by atoms with E-state index in [2.05, 4.69) is 67.0 Å². The Kier molecular flexibility index (Phi) is 40.5. The van der Waals surface area contributed by atoms with Gasteiger partial charge in [0.25, 0.3) is 0 Å². The van der Waals surface area contributed by atoms with Crippen molar-refractivity contribution in [3.8, 4) is 0 Å². The highest BCUT2D eigenvalue weighted by Crippen LogP contribution is 2.43. The summed E-state index contributed by atoms with van der Waals surface area (Å²) in [5.41, 5.74) is 0. The van der Waals surface area contributed by atoms with Crippen LogP contribution in [0.3, 0.4) is 0 Å². The monoisotopic (exact) mass is 827 g/mol. The smallest absolute Gasteiger partial charge is 0.462 e. The van der Waals surface area contributed by atoms with E-state index in [1.54, 1.807) is 0 Å². The lowest BCUT2D eigenvalue weighted by Gasteiger charge is -2.20. The minimum Gasteiger partial charge on any atom is -0.462 e. The highest BCUT2D eigenvalue weighted by atomic mass is 31.2. The predicted octanol–water partition coefficient (Wildman–Crippen LogP) is 12.1. The molecule has 0 radical (unpaired) electrons. The lowest BCUT2D eigenvalue weighted by molar-refractivity contribution is -0.161. The van der Waals surface area contributed by atoms with Crippen LogP contribution in [0.5, 0.6) is 0 Å². The van der Waals surface area contributed by atoms with E-state index >= 15 is 0 Å². The van der Waals surface area contributed by atoms with Crippen LogP contribution in [0.2, 0.25) is 0 Å². The number of hydrogen-bond donors (Lipinski definition) is 3. The minimum absolute atomic E-state index is 0.172. The van der Waals surface area contributed by atoms with Crippen molar-refractivity contribution in [2.75, 3.05) is 26.4 Å². The minimum atomic E-state index is -4.63. The number of allylic oxidation sites excluding steroid dienone is 8. The number of esters is 2. The summed E-state index contributed by atoms with van der Waals surface area (Å²) in [5, 5.41) is 18.3. The predicted molar refractivity (Wildman–Crippen MR) is 233 cm³/mol. The van der Waals surface area contributed by atoms with Crippen LogP contribution in [0.15, 0.2) is 48.6 Å². The summed E-state index contributed by atoms with van der Waals surface area (Å²) in [6, 6.07) is 0. The van der Waals surface area contributed by atoms with Crippen LogP contribution in [-0.2, 0) is 32.7 Å². The molecule has 0 saturated carbocycles. The molecule has 3 N–H and O–H groups in total. The second-order valence-corrected chi connectivity index (χ2v) is 16.5. The van der Waals surface area contributed by atoms with Crippen molar-refractivity contribution in [3.05, 3.63) is 48.6 Å². The van der Waals surface area contributed by atoms with Crippen LogP contribution in [0, 0.1) is 0 Å². The van der Waals surface area contributed by atoms with Crippen molar-refractivity contribution in [1.82, 2.24) is 0 Å². The van der Waals surface area contributed by atoms with Crippen molar-refractivity contribution in [3.63, 3.8) is 0 Å². The fraction of sp³-hybridized carbons (Fsp3) is 0.783. The third-order valence-corrected chi connectivity index (χ3v) is 10.4. The number of carbonyl (C=O) groups is 2. The Bertz CT molecular complexity index is 1090. The topological polar surface area (TPSA) is 149 Å². The molecule has 3 atom stereocenters. The van der Waals surface area contributed by atoms with E-state index in [1.807, 2.05) is 0 Å². The van der Waals surface area contributed by atoms with Gasteiger partial charge in [-0.05, 0) is 77.0 Å². The van der Waals surface area contributed by atoms with Crippen molar-refractivity contribution < 1.29 is 47.8 Å². The summed E-state index contributed by atoms with van der Waals surface area (Å²) in [6.45, 7) is 2.31. The number of rotatable bonds is 42. The van der Waals surface area contributed by atoms with Gasteiger partial charge in [-0.2, -0.15) is 0 Å². The Balaban J connectivity index is 4.32. The molecule has 0 heterocycles. The molecule has 11 heteroatoms. The lowest BCUT2D eigenvalue weighted by atomic mass is 10.1. The first-order valence-electron chi connectivity index (χ1n) is 22.6. The summed E-state index contributed by atoms with van der Waals surface area (Å²) >= 11 is 0. The molecule has 0 aliphatic rings. The highest BCUT2D eigenvalue weighted by Gasteiger charge is 2.27. The van der Waals surface area contributed by atoms with E-state index in [1.165, 1.54) is 96.3 Å². The maximum atomic E-state index is 12.6. The molecule has 0 aliphatic heterocycles. The average Bonchev–Trinajstić information content (AvgIpc) is 3.20. The number of ether oxygens (including phenoxy) is 2. The van der Waals surface area contributed by atoms with Gasteiger partial charge in [0, 0.05) is 12.8 Å². The third-order valence-electron chi connectivity index (χ3n) is 9.46. The van der Waals surface area contributed by atoms with E-state index in [9.17, 15) is 24.2 Å². The van der Waals surface area contributed by atoms with Gasteiger partial charge in [-0.25, -0.2) is 4.57 Å². The largest absolute Gasteiger partial charge is 0.472 e.